The van der Waals surface area contributed by atoms with Crippen LogP contribution >= 0.6 is 0 Å². The van der Waals surface area contributed by atoms with Crippen LogP contribution in [0.25, 0.3) is 0 Å². The van der Waals surface area contributed by atoms with Gasteiger partial charge in [-0.25, -0.2) is 13.2 Å². The Morgan fingerprint density at radius 1 is 0.909 bits per heavy atom. The summed E-state index contributed by atoms with van der Waals surface area (Å²) < 4.78 is 97.6. The molecule has 0 aliphatic carbocycles. The first-order valence-corrected chi connectivity index (χ1v) is 15.3. The molecule has 3 aliphatic rings. The van der Waals surface area contributed by atoms with Gasteiger partial charge in [0, 0.05) is 19.8 Å². The van der Waals surface area contributed by atoms with E-state index in [1.165, 1.54) is 0 Å². The van der Waals surface area contributed by atoms with Gasteiger partial charge in [0.1, 0.15) is 42.7 Å². The molecule has 1 amide bonds. The number of rotatable bonds is 13. The third kappa shape index (κ3) is 10.2. The number of hydrogen-bond acceptors (Lipinski definition) is 18. The van der Waals surface area contributed by atoms with E-state index in [1.54, 1.807) is 0 Å². The van der Waals surface area contributed by atoms with Gasteiger partial charge in [-0.2, -0.15) is 16.8 Å². The second-order valence-corrected chi connectivity index (χ2v) is 12.0. The van der Waals surface area contributed by atoms with Crippen molar-refractivity contribution in [1.29, 1.82) is 0 Å². The van der Waals surface area contributed by atoms with E-state index in [0.717, 1.165) is 13.1 Å². The van der Waals surface area contributed by atoms with Gasteiger partial charge in [-0.3, -0.25) is 13.9 Å². The van der Waals surface area contributed by atoms with Crippen LogP contribution in [0.4, 0.5) is 0 Å². The van der Waals surface area contributed by atoms with E-state index in [4.69, 9.17) is 38.0 Å². The van der Waals surface area contributed by atoms with Gasteiger partial charge in [0.05, 0.1) is 31.6 Å². The Balaban J connectivity index is 1.77. The summed E-state index contributed by atoms with van der Waals surface area (Å²) in [5.41, 5.74) is 0. The molecule has 44 heavy (non-hydrogen) atoms. The number of carbonyl (C=O) groups is 2. The van der Waals surface area contributed by atoms with Crippen molar-refractivity contribution < 1.29 is 93.2 Å². The average molecular weight is 685 g/mol. The molecule has 0 radical (unpaired) electrons. The Labute approximate surface area is 249 Å². The molecule has 0 aromatic carbocycles. The molecule has 0 aromatic rings. The predicted octanol–water partition coefficient (Wildman–Crippen LogP) is -4.47. The van der Waals surface area contributed by atoms with Crippen molar-refractivity contribution in [3.8, 4) is 0 Å². The van der Waals surface area contributed by atoms with E-state index in [0.29, 0.717) is 0 Å². The lowest BCUT2D eigenvalue weighted by Crippen LogP contribution is -2.60. The van der Waals surface area contributed by atoms with E-state index in [-0.39, 0.29) is 6.42 Å². The minimum absolute atomic E-state index is 0.297. The lowest BCUT2D eigenvalue weighted by molar-refractivity contribution is -0.319. The zero-order valence-electron chi connectivity index (χ0n) is 22.5. The molecule has 3 saturated heterocycles. The lowest BCUT2D eigenvalue weighted by atomic mass is 9.99. The van der Waals surface area contributed by atoms with Crippen LogP contribution in [0, 0.1) is 0 Å². The molecule has 3 aliphatic heterocycles. The second-order valence-electron chi connectivity index (χ2n) is 9.81. The summed E-state index contributed by atoms with van der Waals surface area (Å²) in [5, 5.41) is 55.4. The molecule has 3 rings (SSSR count). The number of hydrogen-bond donors (Lipinski definition) is 8. The SMILES string of the molecule is CC(=O)NC1C[C@H](O)C(COS(=O)(=O)O)O[C@H]1O[C@H]1CC(O)[C@H](OC2C(O)[C@H](/C=N\O)O[C@@H]2COS(=O)(=O)O)OC1C(=O)O. The van der Waals surface area contributed by atoms with E-state index in [2.05, 4.69) is 18.8 Å². The average Bonchev–Trinajstić information content (AvgIpc) is 3.17. The second kappa shape index (κ2) is 14.9. The molecule has 8 N–H and O–H groups in total. The molecule has 0 bridgehead atoms. The largest absolute Gasteiger partial charge is 0.479 e. The standard InChI is InChI=1S/C20H32N2O20S2/c1-7(23)22-8-2-9(24)13(5-36-43(30,31)32)40-19(8)39-11-3-10(25)20(42-17(11)18(27)28)41-16-14(6-37-44(33,34)35)38-12(4-21-29)15(16)26/h4,8-17,19-20,24-26,29H,2-3,5-6H2,1H3,(H,22,23)(H,27,28)(H,30,31,32)(H,33,34,35)/b21-4-/t8?,9-,10?,11-,12-,13?,14+,15?,16?,17?,19+,20+/m0/s1. The number of aliphatic hydroxyl groups excluding tert-OH is 3. The normalized spacial score (nSPS) is 38.5. The number of nitrogens with zero attached hydrogens (tertiary/aromatic N) is 1. The highest BCUT2D eigenvalue weighted by atomic mass is 32.3. The quantitative estimate of drug-likeness (QED) is 0.0392. The number of carboxylic acid groups (broad SMARTS) is 1. The van der Waals surface area contributed by atoms with E-state index in [9.17, 15) is 46.9 Å². The number of aliphatic carboxylic acids is 1. The zero-order chi connectivity index (χ0) is 33.0. The Hall–Kier alpha value is -2.17. The van der Waals surface area contributed by atoms with Crippen molar-refractivity contribution in [2.24, 2.45) is 5.16 Å². The fourth-order valence-electron chi connectivity index (χ4n) is 4.70. The first-order chi connectivity index (χ1) is 20.4. The third-order valence-corrected chi connectivity index (χ3v) is 7.42. The number of ether oxygens (including phenoxy) is 5. The highest BCUT2D eigenvalue weighted by Gasteiger charge is 2.51. The lowest BCUT2D eigenvalue weighted by Gasteiger charge is -2.43. The van der Waals surface area contributed by atoms with E-state index < -0.39 is 126 Å². The fraction of sp³-hybridized carbons (Fsp3) is 0.850. The summed E-state index contributed by atoms with van der Waals surface area (Å²) in [6.45, 7) is -0.686. The van der Waals surface area contributed by atoms with Crippen LogP contribution in [-0.2, 0) is 62.4 Å². The Morgan fingerprint density at radius 3 is 2.07 bits per heavy atom. The van der Waals surface area contributed by atoms with Gasteiger partial charge >= 0.3 is 26.8 Å². The van der Waals surface area contributed by atoms with Crippen LogP contribution in [0.2, 0.25) is 0 Å². The molecule has 0 saturated carbocycles. The third-order valence-electron chi connectivity index (χ3n) is 6.55. The van der Waals surface area contributed by atoms with Crippen LogP contribution in [0.3, 0.4) is 0 Å². The number of carbonyl (C=O) groups excluding carboxylic acids is 1. The van der Waals surface area contributed by atoms with Gasteiger partial charge in [-0.15, -0.1) is 0 Å². The van der Waals surface area contributed by atoms with Gasteiger partial charge in [0.25, 0.3) is 0 Å². The summed E-state index contributed by atoms with van der Waals surface area (Å²) in [6.07, 6.45) is -17.7. The summed E-state index contributed by atoms with van der Waals surface area (Å²) in [5.74, 6) is -2.25. The van der Waals surface area contributed by atoms with Crippen molar-refractivity contribution in [3.63, 3.8) is 0 Å². The molecule has 0 aromatic heterocycles. The van der Waals surface area contributed by atoms with E-state index in [1.807, 2.05) is 0 Å². The summed E-state index contributed by atoms with van der Waals surface area (Å²) in [6, 6.07) is -1.12. The van der Waals surface area contributed by atoms with Gasteiger partial charge in [-0.05, 0) is 0 Å². The highest BCUT2D eigenvalue weighted by Crippen LogP contribution is 2.32. The number of amides is 1. The zero-order valence-corrected chi connectivity index (χ0v) is 24.2. The summed E-state index contributed by atoms with van der Waals surface area (Å²) in [7, 11) is -9.91. The van der Waals surface area contributed by atoms with Crippen molar-refractivity contribution in [1.82, 2.24) is 5.32 Å². The number of oxime groups is 1. The molecule has 3 heterocycles. The molecule has 0 spiro atoms. The van der Waals surface area contributed by atoms with Gasteiger partial charge in [-0.1, -0.05) is 5.16 Å². The molecule has 3 fully saturated rings. The van der Waals surface area contributed by atoms with Crippen LogP contribution < -0.4 is 5.32 Å². The molecule has 22 nitrogen and oxygen atoms in total. The fourth-order valence-corrected chi connectivity index (χ4v) is 5.31. The molecule has 6 unspecified atom stereocenters. The number of carboxylic acids is 1. The molecule has 254 valence electrons. The number of nitrogens with one attached hydrogen (secondary N) is 1. The van der Waals surface area contributed by atoms with Crippen molar-refractivity contribution in [3.05, 3.63) is 0 Å². The minimum atomic E-state index is -4.98. The van der Waals surface area contributed by atoms with Gasteiger partial charge < -0.3 is 54.6 Å². The summed E-state index contributed by atoms with van der Waals surface area (Å²) >= 11 is 0. The smallest absolute Gasteiger partial charge is 0.397 e. The maximum atomic E-state index is 12.1. The van der Waals surface area contributed by atoms with Crippen LogP contribution in [0.5, 0.6) is 0 Å². The maximum Gasteiger partial charge on any atom is 0.397 e. The molecule has 12 atom stereocenters. The predicted molar refractivity (Wildman–Crippen MR) is 134 cm³/mol. The Kier molecular flexibility index (Phi) is 12.3. The first-order valence-electron chi connectivity index (χ1n) is 12.6. The van der Waals surface area contributed by atoms with Crippen LogP contribution in [0.15, 0.2) is 5.16 Å². The molecular weight excluding hydrogens is 652 g/mol. The van der Waals surface area contributed by atoms with Crippen LogP contribution in [-0.4, -0.2) is 156 Å². The van der Waals surface area contributed by atoms with Crippen molar-refractivity contribution in [2.45, 2.75) is 93.3 Å². The first kappa shape index (κ1) is 36.3. The topological polar surface area (TPSA) is 333 Å². The van der Waals surface area contributed by atoms with Crippen molar-refractivity contribution in [2.75, 3.05) is 13.2 Å². The van der Waals surface area contributed by atoms with Crippen LogP contribution in [0.1, 0.15) is 19.8 Å². The van der Waals surface area contributed by atoms with Gasteiger partial charge in [0.15, 0.2) is 18.7 Å². The maximum absolute atomic E-state index is 12.1. The van der Waals surface area contributed by atoms with Crippen molar-refractivity contribution >= 4 is 38.9 Å². The monoisotopic (exact) mass is 684 g/mol. The minimum Gasteiger partial charge on any atom is -0.479 e. The number of aliphatic hydroxyl groups is 3. The van der Waals surface area contributed by atoms with Gasteiger partial charge in [0.2, 0.25) is 5.91 Å². The van der Waals surface area contributed by atoms with E-state index >= 15 is 0 Å². The Morgan fingerprint density at radius 2 is 1.52 bits per heavy atom. The highest BCUT2D eigenvalue weighted by molar-refractivity contribution is 7.81. The Bertz CT molecular complexity index is 1250. The molecular formula is C20H32N2O20S2. The molecule has 24 heteroatoms. The summed E-state index contributed by atoms with van der Waals surface area (Å²) in [4.78, 5) is 23.8.